The first-order valence-electron chi connectivity index (χ1n) is 7.32. The summed E-state index contributed by atoms with van der Waals surface area (Å²) in [4.78, 5) is 0. The van der Waals surface area contributed by atoms with Crippen molar-refractivity contribution >= 4 is 0 Å². The van der Waals surface area contributed by atoms with Crippen LogP contribution in [0.4, 0.5) is 0 Å². The fourth-order valence-electron chi connectivity index (χ4n) is 2.14. The average molecular weight is 285 g/mol. The van der Waals surface area contributed by atoms with E-state index in [-0.39, 0.29) is 6.04 Å². The summed E-state index contributed by atoms with van der Waals surface area (Å²) in [5.41, 5.74) is 2.49. The van der Waals surface area contributed by atoms with Gasteiger partial charge in [-0.05, 0) is 38.6 Å². The molecule has 1 unspecified atom stereocenters. The van der Waals surface area contributed by atoms with Gasteiger partial charge in [0.2, 0.25) is 0 Å². The number of hydrogen-bond donors (Lipinski definition) is 1. The Morgan fingerprint density at radius 1 is 1.00 bits per heavy atom. The summed E-state index contributed by atoms with van der Waals surface area (Å²) in [6.07, 6.45) is 0. The Labute approximate surface area is 126 Å². The maximum Gasteiger partial charge on any atom is 0.123 e. The molecule has 2 aromatic rings. The lowest BCUT2D eigenvalue weighted by molar-refractivity contribution is 0.270. The average Bonchev–Trinajstić information content (AvgIpc) is 2.50. The smallest absolute Gasteiger partial charge is 0.123 e. The predicted octanol–water partition coefficient (Wildman–Crippen LogP) is 3.73. The van der Waals surface area contributed by atoms with Gasteiger partial charge in [0.15, 0.2) is 0 Å². The molecule has 1 N–H and O–H groups in total. The Kier molecular flexibility index (Phi) is 5.64. The van der Waals surface area contributed by atoms with Crippen molar-refractivity contribution in [3.63, 3.8) is 0 Å². The third-order valence-electron chi connectivity index (χ3n) is 3.36. The van der Waals surface area contributed by atoms with Crippen molar-refractivity contribution < 1.29 is 9.47 Å². The highest BCUT2D eigenvalue weighted by Gasteiger charge is 2.10. The maximum absolute atomic E-state index is 5.89. The van der Waals surface area contributed by atoms with E-state index in [1.807, 2.05) is 38.2 Å². The third kappa shape index (κ3) is 4.50. The van der Waals surface area contributed by atoms with Crippen molar-refractivity contribution in [1.29, 1.82) is 0 Å². The summed E-state index contributed by atoms with van der Waals surface area (Å²) in [5, 5.41) is 3.29. The fourth-order valence-corrected chi connectivity index (χ4v) is 2.14. The number of aryl methyl sites for hydroxylation is 1. The topological polar surface area (TPSA) is 30.5 Å². The van der Waals surface area contributed by atoms with E-state index in [2.05, 4.69) is 36.5 Å². The molecule has 0 saturated heterocycles. The standard InChI is InChI=1S/C18H23NO2/c1-4-20-16-6-5-7-17(12-16)21-13-18(19-3)15-10-8-14(2)9-11-15/h5-12,18-19H,4,13H2,1-3H3. The van der Waals surface area contributed by atoms with Gasteiger partial charge in [0.05, 0.1) is 12.6 Å². The molecule has 0 spiro atoms. The molecular formula is C18H23NO2. The lowest BCUT2D eigenvalue weighted by Crippen LogP contribution is -2.23. The molecule has 0 amide bonds. The highest BCUT2D eigenvalue weighted by molar-refractivity contribution is 5.33. The van der Waals surface area contributed by atoms with Crippen molar-refractivity contribution in [2.45, 2.75) is 19.9 Å². The summed E-state index contributed by atoms with van der Waals surface area (Å²) in [6, 6.07) is 16.4. The molecule has 112 valence electrons. The second kappa shape index (κ2) is 7.70. The molecule has 2 rings (SSSR count). The molecule has 0 aliphatic heterocycles. The number of benzene rings is 2. The molecule has 0 aliphatic rings. The number of likely N-dealkylation sites (N-methyl/N-ethyl adjacent to an activating group) is 1. The van der Waals surface area contributed by atoms with Gasteiger partial charge in [-0.3, -0.25) is 0 Å². The molecule has 21 heavy (non-hydrogen) atoms. The van der Waals surface area contributed by atoms with E-state index in [4.69, 9.17) is 9.47 Å². The molecular weight excluding hydrogens is 262 g/mol. The molecule has 0 aliphatic carbocycles. The molecule has 3 nitrogen and oxygen atoms in total. The predicted molar refractivity (Wildman–Crippen MR) is 86.1 cm³/mol. The second-order valence-corrected chi connectivity index (χ2v) is 4.97. The first-order valence-corrected chi connectivity index (χ1v) is 7.32. The van der Waals surface area contributed by atoms with Gasteiger partial charge in [0, 0.05) is 6.07 Å². The van der Waals surface area contributed by atoms with Crippen LogP contribution in [0.25, 0.3) is 0 Å². The van der Waals surface area contributed by atoms with Crippen molar-refractivity contribution in [3.05, 3.63) is 59.7 Å². The van der Waals surface area contributed by atoms with Gasteiger partial charge in [-0.2, -0.15) is 0 Å². The Morgan fingerprint density at radius 2 is 1.67 bits per heavy atom. The monoisotopic (exact) mass is 285 g/mol. The van der Waals surface area contributed by atoms with Crippen molar-refractivity contribution in [2.24, 2.45) is 0 Å². The van der Waals surface area contributed by atoms with Crippen LogP contribution in [0.5, 0.6) is 11.5 Å². The summed E-state index contributed by atoms with van der Waals surface area (Å²) >= 11 is 0. The van der Waals surface area contributed by atoms with Gasteiger partial charge in [0.25, 0.3) is 0 Å². The minimum atomic E-state index is 0.168. The van der Waals surface area contributed by atoms with Crippen molar-refractivity contribution in [3.8, 4) is 11.5 Å². The van der Waals surface area contributed by atoms with E-state index in [1.54, 1.807) is 0 Å². The van der Waals surface area contributed by atoms with Crippen LogP contribution in [0.3, 0.4) is 0 Å². The maximum atomic E-state index is 5.89. The van der Waals surface area contributed by atoms with Gasteiger partial charge in [0.1, 0.15) is 18.1 Å². The lowest BCUT2D eigenvalue weighted by Gasteiger charge is -2.18. The molecule has 1 atom stereocenters. The van der Waals surface area contributed by atoms with Crippen LogP contribution < -0.4 is 14.8 Å². The molecule has 3 heteroatoms. The van der Waals surface area contributed by atoms with E-state index in [0.29, 0.717) is 13.2 Å². The van der Waals surface area contributed by atoms with Crippen LogP contribution in [-0.2, 0) is 0 Å². The molecule has 0 bridgehead atoms. The second-order valence-electron chi connectivity index (χ2n) is 4.97. The summed E-state index contributed by atoms with van der Waals surface area (Å²) in [5.74, 6) is 1.67. The zero-order valence-corrected chi connectivity index (χ0v) is 12.9. The highest BCUT2D eigenvalue weighted by Crippen LogP contribution is 2.21. The normalized spacial score (nSPS) is 12.0. The van der Waals surface area contributed by atoms with Crippen molar-refractivity contribution in [1.82, 2.24) is 5.32 Å². The molecule has 0 fully saturated rings. The SMILES string of the molecule is CCOc1cccc(OCC(NC)c2ccc(C)cc2)c1. The van der Waals surface area contributed by atoms with Gasteiger partial charge in [-0.25, -0.2) is 0 Å². The van der Waals surface area contributed by atoms with Gasteiger partial charge in [-0.1, -0.05) is 35.9 Å². The zero-order chi connectivity index (χ0) is 15.1. The summed E-state index contributed by atoms with van der Waals surface area (Å²) < 4.78 is 11.4. The highest BCUT2D eigenvalue weighted by atomic mass is 16.5. The number of hydrogen-bond acceptors (Lipinski definition) is 3. The van der Waals surface area contributed by atoms with Gasteiger partial charge < -0.3 is 14.8 Å². The molecule has 0 heterocycles. The van der Waals surface area contributed by atoms with Gasteiger partial charge in [-0.15, -0.1) is 0 Å². The minimum absolute atomic E-state index is 0.168. The Morgan fingerprint density at radius 3 is 2.29 bits per heavy atom. The molecule has 0 radical (unpaired) electrons. The summed E-state index contributed by atoms with van der Waals surface area (Å²) in [7, 11) is 1.95. The minimum Gasteiger partial charge on any atom is -0.494 e. The Balaban J connectivity index is 1.99. The molecule has 0 aromatic heterocycles. The van der Waals surface area contributed by atoms with Gasteiger partial charge >= 0.3 is 0 Å². The fraction of sp³-hybridized carbons (Fsp3) is 0.333. The van der Waals surface area contributed by atoms with Crippen molar-refractivity contribution in [2.75, 3.05) is 20.3 Å². The first-order chi connectivity index (χ1) is 10.2. The van der Waals surface area contributed by atoms with E-state index in [1.165, 1.54) is 11.1 Å². The molecule has 0 saturated carbocycles. The number of nitrogens with one attached hydrogen (secondary N) is 1. The van der Waals surface area contributed by atoms with Crippen LogP contribution in [0.2, 0.25) is 0 Å². The first kappa shape index (κ1) is 15.4. The Bertz CT molecular complexity index is 551. The quantitative estimate of drug-likeness (QED) is 0.840. The van der Waals surface area contributed by atoms with Crippen LogP contribution in [0, 0.1) is 6.92 Å². The van der Waals surface area contributed by atoms with Crippen LogP contribution in [-0.4, -0.2) is 20.3 Å². The summed E-state index contributed by atoms with van der Waals surface area (Å²) in [6.45, 7) is 5.30. The van der Waals surface area contributed by atoms with E-state index in [0.717, 1.165) is 11.5 Å². The van der Waals surface area contributed by atoms with Crippen LogP contribution >= 0.6 is 0 Å². The third-order valence-corrected chi connectivity index (χ3v) is 3.36. The Hall–Kier alpha value is -2.00. The zero-order valence-electron chi connectivity index (χ0n) is 12.9. The van der Waals surface area contributed by atoms with E-state index in [9.17, 15) is 0 Å². The number of rotatable bonds is 7. The van der Waals surface area contributed by atoms with E-state index >= 15 is 0 Å². The largest absolute Gasteiger partial charge is 0.494 e. The van der Waals surface area contributed by atoms with Crippen LogP contribution in [0.1, 0.15) is 24.1 Å². The van der Waals surface area contributed by atoms with Crippen LogP contribution in [0.15, 0.2) is 48.5 Å². The molecule has 2 aromatic carbocycles. The van der Waals surface area contributed by atoms with E-state index < -0.39 is 0 Å². The number of ether oxygens (including phenoxy) is 2. The lowest BCUT2D eigenvalue weighted by atomic mass is 10.1.